The summed E-state index contributed by atoms with van der Waals surface area (Å²) in [6.45, 7) is 3.53. The van der Waals surface area contributed by atoms with Crippen LogP contribution in [0.15, 0.2) is 42.5 Å². The number of hydrogen-bond acceptors (Lipinski definition) is 2. The van der Waals surface area contributed by atoms with Gasteiger partial charge in [0.1, 0.15) is 0 Å². The molecule has 1 rings (SSSR count). The SMILES string of the molecule is C=C(CC(=S)Nc1ccccc1)C(N)=O. The lowest BCUT2D eigenvalue weighted by Gasteiger charge is -2.07. The minimum atomic E-state index is -0.521. The van der Waals surface area contributed by atoms with Gasteiger partial charge in [-0.15, -0.1) is 0 Å². The Labute approximate surface area is 94.0 Å². The Morgan fingerprint density at radius 2 is 2.00 bits per heavy atom. The molecule has 1 amide bonds. The van der Waals surface area contributed by atoms with Crippen LogP contribution in [0.2, 0.25) is 0 Å². The number of anilines is 1. The summed E-state index contributed by atoms with van der Waals surface area (Å²) in [7, 11) is 0. The van der Waals surface area contributed by atoms with Crippen LogP contribution in [0, 0.1) is 0 Å². The number of thiocarbonyl (C=S) groups is 1. The molecule has 0 aliphatic rings. The summed E-state index contributed by atoms with van der Waals surface area (Å²) in [5, 5.41) is 2.99. The number of rotatable bonds is 4. The van der Waals surface area contributed by atoms with Crippen LogP contribution in [0.5, 0.6) is 0 Å². The van der Waals surface area contributed by atoms with E-state index in [1.54, 1.807) is 0 Å². The molecule has 0 aliphatic carbocycles. The normalized spacial score (nSPS) is 9.33. The Hall–Kier alpha value is -1.68. The van der Waals surface area contributed by atoms with Crippen LogP contribution in [0.1, 0.15) is 6.42 Å². The Bertz CT molecular complexity index is 387. The highest BCUT2D eigenvalue weighted by atomic mass is 32.1. The number of primary amides is 1. The fraction of sp³-hybridized carbons (Fsp3) is 0.0909. The first-order valence-electron chi connectivity index (χ1n) is 4.42. The Morgan fingerprint density at radius 3 is 2.53 bits per heavy atom. The number of amides is 1. The topological polar surface area (TPSA) is 55.1 Å². The van der Waals surface area contributed by atoms with Crippen molar-refractivity contribution in [2.75, 3.05) is 5.32 Å². The van der Waals surface area contributed by atoms with Crippen molar-refractivity contribution >= 4 is 28.8 Å². The van der Waals surface area contributed by atoms with E-state index >= 15 is 0 Å². The average Bonchev–Trinajstić information content (AvgIpc) is 2.18. The number of benzene rings is 1. The molecule has 78 valence electrons. The molecule has 0 bridgehead atoms. The van der Waals surface area contributed by atoms with Crippen LogP contribution in [0.4, 0.5) is 5.69 Å². The first kappa shape index (κ1) is 11.4. The molecule has 0 spiro atoms. The van der Waals surface area contributed by atoms with Gasteiger partial charge in [-0.1, -0.05) is 37.0 Å². The highest BCUT2D eigenvalue weighted by molar-refractivity contribution is 7.80. The van der Waals surface area contributed by atoms with Gasteiger partial charge in [0.25, 0.3) is 0 Å². The Balaban J connectivity index is 2.51. The first-order valence-corrected chi connectivity index (χ1v) is 4.83. The quantitative estimate of drug-likeness (QED) is 0.601. The Morgan fingerprint density at radius 1 is 1.40 bits per heavy atom. The Kier molecular flexibility index (Phi) is 4.00. The number of para-hydroxylation sites is 1. The third-order valence-corrected chi connectivity index (χ3v) is 2.03. The molecule has 0 atom stereocenters. The molecule has 0 saturated heterocycles. The smallest absolute Gasteiger partial charge is 0.244 e. The maximum atomic E-state index is 10.7. The van der Waals surface area contributed by atoms with Crippen molar-refractivity contribution in [3.05, 3.63) is 42.5 Å². The summed E-state index contributed by atoms with van der Waals surface area (Å²) in [5.74, 6) is -0.521. The molecule has 0 heterocycles. The highest BCUT2D eigenvalue weighted by Gasteiger charge is 2.05. The van der Waals surface area contributed by atoms with Crippen molar-refractivity contribution in [1.82, 2.24) is 0 Å². The van der Waals surface area contributed by atoms with Crippen LogP contribution in [-0.2, 0) is 4.79 Å². The van der Waals surface area contributed by atoms with E-state index < -0.39 is 5.91 Å². The predicted molar refractivity (Wildman–Crippen MR) is 65.6 cm³/mol. The zero-order valence-electron chi connectivity index (χ0n) is 8.19. The molecule has 0 unspecified atom stereocenters. The maximum Gasteiger partial charge on any atom is 0.244 e. The van der Waals surface area contributed by atoms with Gasteiger partial charge < -0.3 is 11.1 Å². The van der Waals surface area contributed by atoms with Crippen LogP contribution in [0.25, 0.3) is 0 Å². The van der Waals surface area contributed by atoms with E-state index in [2.05, 4.69) is 11.9 Å². The van der Waals surface area contributed by atoms with Gasteiger partial charge in [-0.3, -0.25) is 4.79 Å². The van der Waals surface area contributed by atoms with Crippen molar-refractivity contribution in [3.8, 4) is 0 Å². The highest BCUT2D eigenvalue weighted by Crippen LogP contribution is 2.08. The van der Waals surface area contributed by atoms with Crippen molar-refractivity contribution < 1.29 is 4.79 Å². The maximum absolute atomic E-state index is 10.7. The second kappa shape index (κ2) is 5.26. The third kappa shape index (κ3) is 3.91. The standard InChI is InChI=1S/C11H12N2OS/c1-8(11(12)14)7-10(15)13-9-5-3-2-4-6-9/h2-6H,1,7H2,(H2,12,14)(H,13,15). The van der Waals surface area contributed by atoms with Crippen molar-refractivity contribution in [2.45, 2.75) is 6.42 Å². The summed E-state index contributed by atoms with van der Waals surface area (Å²) in [6, 6.07) is 9.48. The zero-order chi connectivity index (χ0) is 11.3. The molecule has 1 aromatic carbocycles. The number of nitrogens with two attached hydrogens (primary N) is 1. The molecular formula is C11H12N2OS. The van der Waals surface area contributed by atoms with Gasteiger partial charge in [-0.2, -0.15) is 0 Å². The van der Waals surface area contributed by atoms with Crippen molar-refractivity contribution in [1.29, 1.82) is 0 Å². The summed E-state index contributed by atoms with van der Waals surface area (Å²) >= 11 is 5.05. The predicted octanol–water partition coefficient (Wildman–Crippen LogP) is 1.86. The van der Waals surface area contributed by atoms with E-state index in [4.69, 9.17) is 18.0 Å². The van der Waals surface area contributed by atoms with E-state index in [1.807, 2.05) is 30.3 Å². The molecule has 0 saturated carbocycles. The lowest BCUT2D eigenvalue weighted by atomic mass is 10.2. The van der Waals surface area contributed by atoms with Crippen LogP contribution in [0.3, 0.4) is 0 Å². The van der Waals surface area contributed by atoms with Gasteiger partial charge >= 0.3 is 0 Å². The van der Waals surface area contributed by atoms with E-state index in [0.717, 1.165) is 5.69 Å². The zero-order valence-corrected chi connectivity index (χ0v) is 9.01. The molecule has 0 aromatic heterocycles. The lowest BCUT2D eigenvalue weighted by molar-refractivity contribution is -0.114. The number of nitrogens with one attached hydrogen (secondary N) is 1. The largest absolute Gasteiger partial charge is 0.366 e. The van der Waals surface area contributed by atoms with Gasteiger partial charge in [-0.05, 0) is 12.1 Å². The summed E-state index contributed by atoms with van der Waals surface area (Å²) in [6.07, 6.45) is 0.291. The van der Waals surface area contributed by atoms with E-state index in [9.17, 15) is 4.79 Å². The summed E-state index contributed by atoms with van der Waals surface area (Å²) in [5.41, 5.74) is 6.25. The molecule has 0 radical (unpaired) electrons. The minimum absolute atomic E-state index is 0.291. The van der Waals surface area contributed by atoms with E-state index in [-0.39, 0.29) is 0 Å². The minimum Gasteiger partial charge on any atom is -0.366 e. The summed E-state index contributed by atoms with van der Waals surface area (Å²) < 4.78 is 0. The monoisotopic (exact) mass is 220 g/mol. The van der Waals surface area contributed by atoms with Crippen molar-refractivity contribution in [2.24, 2.45) is 5.73 Å². The number of carbonyl (C=O) groups excluding carboxylic acids is 1. The molecule has 4 heteroatoms. The molecule has 3 nitrogen and oxygen atoms in total. The van der Waals surface area contributed by atoms with Crippen LogP contribution < -0.4 is 11.1 Å². The van der Waals surface area contributed by atoms with E-state index in [0.29, 0.717) is 17.0 Å². The van der Waals surface area contributed by atoms with Crippen LogP contribution in [-0.4, -0.2) is 10.9 Å². The second-order valence-electron chi connectivity index (χ2n) is 3.06. The fourth-order valence-corrected chi connectivity index (χ4v) is 1.30. The van der Waals surface area contributed by atoms with Gasteiger partial charge in [0.15, 0.2) is 0 Å². The molecular weight excluding hydrogens is 208 g/mol. The van der Waals surface area contributed by atoms with Gasteiger partial charge in [0.2, 0.25) is 5.91 Å². The first-order chi connectivity index (χ1) is 7.09. The molecule has 3 N–H and O–H groups in total. The van der Waals surface area contributed by atoms with Gasteiger partial charge in [0, 0.05) is 17.7 Å². The number of hydrogen-bond donors (Lipinski definition) is 2. The fourth-order valence-electron chi connectivity index (χ4n) is 1.01. The average molecular weight is 220 g/mol. The van der Waals surface area contributed by atoms with Crippen LogP contribution >= 0.6 is 12.2 Å². The molecule has 1 aromatic rings. The third-order valence-electron chi connectivity index (χ3n) is 1.78. The van der Waals surface area contributed by atoms with Crippen molar-refractivity contribution in [3.63, 3.8) is 0 Å². The molecule has 0 aliphatic heterocycles. The number of carbonyl (C=O) groups is 1. The lowest BCUT2D eigenvalue weighted by Crippen LogP contribution is -2.18. The molecule has 15 heavy (non-hydrogen) atoms. The van der Waals surface area contributed by atoms with E-state index in [1.165, 1.54) is 0 Å². The van der Waals surface area contributed by atoms with Gasteiger partial charge in [0.05, 0.1) is 4.99 Å². The van der Waals surface area contributed by atoms with Gasteiger partial charge in [-0.25, -0.2) is 0 Å². The second-order valence-corrected chi connectivity index (χ2v) is 3.55. The molecule has 0 fully saturated rings. The summed E-state index contributed by atoms with van der Waals surface area (Å²) in [4.78, 5) is 11.3.